The van der Waals surface area contributed by atoms with Gasteiger partial charge in [-0.1, -0.05) is 36.4 Å². The van der Waals surface area contributed by atoms with Crippen LogP contribution < -0.4 is 9.64 Å². The van der Waals surface area contributed by atoms with Crippen molar-refractivity contribution in [3.63, 3.8) is 0 Å². The number of thioether (sulfide) groups is 1. The molecule has 0 spiro atoms. The highest BCUT2D eigenvalue weighted by molar-refractivity contribution is 8.00. The molecule has 0 atom stereocenters. The minimum absolute atomic E-state index is 0.116. The van der Waals surface area contributed by atoms with Gasteiger partial charge in [0.05, 0.1) is 5.75 Å². The molecule has 0 bridgehead atoms. The van der Waals surface area contributed by atoms with Crippen LogP contribution in [0.15, 0.2) is 71.6 Å². The van der Waals surface area contributed by atoms with Gasteiger partial charge in [-0.25, -0.2) is 0 Å². The summed E-state index contributed by atoms with van der Waals surface area (Å²) < 4.78 is 5.46. The lowest BCUT2D eigenvalue weighted by atomic mass is 10.1. The van der Waals surface area contributed by atoms with Crippen molar-refractivity contribution in [3.8, 4) is 5.75 Å². The number of carbonyl (C=O) groups excluding carboxylic acids is 2. The highest BCUT2D eigenvalue weighted by Crippen LogP contribution is 2.27. The molecule has 3 aromatic rings. The molecule has 0 saturated carbocycles. The Morgan fingerprint density at radius 1 is 1.00 bits per heavy atom. The minimum Gasteiger partial charge on any atom is -0.426 e. The molecule has 4 nitrogen and oxygen atoms in total. The third-order valence-corrected chi connectivity index (χ3v) is 5.48. The van der Waals surface area contributed by atoms with Crippen molar-refractivity contribution in [3.05, 3.63) is 66.7 Å². The fourth-order valence-electron chi connectivity index (χ4n) is 3.20. The Kier molecular flexibility index (Phi) is 5.12. The van der Waals surface area contributed by atoms with Gasteiger partial charge in [-0.05, 0) is 41.5 Å². The number of hydrogen-bond acceptors (Lipinski definition) is 4. The van der Waals surface area contributed by atoms with E-state index in [2.05, 4.69) is 24.3 Å². The maximum absolute atomic E-state index is 12.2. The number of hydrogen-bond donors (Lipinski definition) is 0. The molecule has 0 radical (unpaired) electrons. The Morgan fingerprint density at radius 3 is 2.67 bits per heavy atom. The van der Waals surface area contributed by atoms with Gasteiger partial charge >= 0.3 is 5.97 Å². The summed E-state index contributed by atoms with van der Waals surface area (Å²) in [5.41, 5.74) is 0.782. The maximum Gasteiger partial charge on any atom is 0.321 e. The molecule has 27 heavy (non-hydrogen) atoms. The second-order valence-electron chi connectivity index (χ2n) is 6.42. The lowest BCUT2D eigenvalue weighted by Crippen LogP contribution is -2.23. The number of fused-ring (bicyclic) bond motifs is 1. The Hall–Kier alpha value is -2.79. The van der Waals surface area contributed by atoms with Crippen LogP contribution in [0.3, 0.4) is 0 Å². The summed E-state index contributed by atoms with van der Waals surface area (Å²) in [7, 11) is 0. The van der Waals surface area contributed by atoms with Crippen LogP contribution in [-0.4, -0.2) is 24.2 Å². The van der Waals surface area contributed by atoms with Crippen LogP contribution in [0.25, 0.3) is 10.8 Å². The summed E-state index contributed by atoms with van der Waals surface area (Å²) in [6, 6.07) is 21.4. The monoisotopic (exact) mass is 377 g/mol. The van der Waals surface area contributed by atoms with Gasteiger partial charge < -0.3 is 9.64 Å². The molecule has 1 fully saturated rings. The number of ether oxygens (including phenoxy) is 1. The molecule has 1 amide bonds. The van der Waals surface area contributed by atoms with E-state index in [1.54, 1.807) is 23.1 Å². The SMILES string of the molecule is O=C(CSc1ccc2ccccc2c1)Oc1cccc(N2CCCC2=O)c1. The lowest BCUT2D eigenvalue weighted by Gasteiger charge is -2.16. The molecule has 0 unspecified atom stereocenters. The van der Waals surface area contributed by atoms with Crippen molar-refractivity contribution in [2.45, 2.75) is 17.7 Å². The molecule has 3 aromatic carbocycles. The van der Waals surface area contributed by atoms with Crippen molar-refractivity contribution < 1.29 is 14.3 Å². The van der Waals surface area contributed by atoms with Crippen molar-refractivity contribution in [1.29, 1.82) is 0 Å². The van der Waals surface area contributed by atoms with E-state index >= 15 is 0 Å². The van der Waals surface area contributed by atoms with E-state index in [-0.39, 0.29) is 17.6 Å². The summed E-state index contributed by atoms with van der Waals surface area (Å²) in [4.78, 5) is 26.9. The highest BCUT2D eigenvalue weighted by atomic mass is 32.2. The summed E-state index contributed by atoms with van der Waals surface area (Å²) in [5, 5.41) is 2.33. The van der Waals surface area contributed by atoms with E-state index in [9.17, 15) is 9.59 Å². The average molecular weight is 377 g/mol. The summed E-state index contributed by atoms with van der Waals surface area (Å²) >= 11 is 1.45. The number of esters is 1. The number of rotatable bonds is 5. The van der Waals surface area contributed by atoms with Crippen LogP contribution in [0.5, 0.6) is 5.75 Å². The van der Waals surface area contributed by atoms with Crippen LogP contribution in [-0.2, 0) is 9.59 Å². The zero-order valence-corrected chi connectivity index (χ0v) is 15.6. The van der Waals surface area contributed by atoms with Crippen LogP contribution in [0.1, 0.15) is 12.8 Å². The van der Waals surface area contributed by atoms with Crippen LogP contribution in [0, 0.1) is 0 Å². The molecule has 0 aliphatic carbocycles. The zero-order valence-electron chi connectivity index (χ0n) is 14.8. The van der Waals surface area contributed by atoms with E-state index in [1.807, 2.05) is 24.3 Å². The Labute approximate surface area is 162 Å². The fraction of sp³-hybridized carbons (Fsp3) is 0.182. The lowest BCUT2D eigenvalue weighted by molar-refractivity contribution is -0.131. The normalized spacial score (nSPS) is 13.9. The van der Waals surface area contributed by atoms with Gasteiger partial charge in [0.2, 0.25) is 5.91 Å². The van der Waals surface area contributed by atoms with Crippen molar-refractivity contribution in [2.75, 3.05) is 17.2 Å². The molecule has 0 aromatic heterocycles. The number of amides is 1. The van der Waals surface area contributed by atoms with Crippen LogP contribution in [0.4, 0.5) is 5.69 Å². The maximum atomic E-state index is 12.2. The predicted molar refractivity (Wildman–Crippen MR) is 108 cm³/mol. The molecular formula is C22H19NO3S. The average Bonchev–Trinajstić information content (AvgIpc) is 3.12. The first kappa shape index (κ1) is 17.6. The molecule has 136 valence electrons. The Morgan fingerprint density at radius 2 is 1.85 bits per heavy atom. The third kappa shape index (κ3) is 4.14. The standard InChI is InChI=1S/C22H19NO3S/c24-21-9-4-12-23(21)18-7-3-8-19(14-18)26-22(25)15-27-20-11-10-16-5-1-2-6-17(16)13-20/h1-3,5-8,10-11,13-14H,4,9,12,15H2. The van der Waals surface area contributed by atoms with Crippen LogP contribution >= 0.6 is 11.8 Å². The smallest absolute Gasteiger partial charge is 0.321 e. The highest BCUT2D eigenvalue weighted by Gasteiger charge is 2.22. The Balaban J connectivity index is 1.38. The zero-order chi connectivity index (χ0) is 18.6. The molecular weight excluding hydrogens is 358 g/mol. The van der Waals surface area contributed by atoms with Gasteiger partial charge in [0.1, 0.15) is 5.75 Å². The first-order chi connectivity index (χ1) is 13.2. The Bertz CT molecular complexity index is 1000. The molecule has 5 heteroatoms. The molecule has 4 rings (SSSR count). The molecule has 1 aliphatic heterocycles. The van der Waals surface area contributed by atoms with Crippen molar-refractivity contribution in [2.24, 2.45) is 0 Å². The summed E-state index contributed by atoms with van der Waals surface area (Å²) in [5.74, 6) is 0.505. The topological polar surface area (TPSA) is 46.6 Å². The third-order valence-electron chi connectivity index (χ3n) is 4.51. The van der Waals surface area contributed by atoms with E-state index < -0.39 is 0 Å². The van der Waals surface area contributed by atoms with Gasteiger partial charge in [0.25, 0.3) is 0 Å². The number of benzene rings is 3. The van der Waals surface area contributed by atoms with E-state index in [1.165, 1.54) is 17.1 Å². The second-order valence-corrected chi connectivity index (χ2v) is 7.47. The van der Waals surface area contributed by atoms with E-state index in [0.29, 0.717) is 18.7 Å². The van der Waals surface area contributed by atoms with Crippen molar-refractivity contribution in [1.82, 2.24) is 0 Å². The molecule has 1 saturated heterocycles. The van der Waals surface area contributed by atoms with Gasteiger partial charge in [0, 0.05) is 29.6 Å². The quantitative estimate of drug-likeness (QED) is 0.368. The van der Waals surface area contributed by atoms with Gasteiger partial charge in [-0.3, -0.25) is 9.59 Å². The summed E-state index contributed by atoms with van der Waals surface area (Å²) in [6.07, 6.45) is 1.44. The largest absolute Gasteiger partial charge is 0.426 e. The molecule has 1 heterocycles. The first-order valence-electron chi connectivity index (χ1n) is 8.92. The van der Waals surface area contributed by atoms with E-state index in [0.717, 1.165) is 22.4 Å². The van der Waals surface area contributed by atoms with Gasteiger partial charge in [-0.15, -0.1) is 11.8 Å². The number of carbonyl (C=O) groups is 2. The van der Waals surface area contributed by atoms with Gasteiger partial charge in [-0.2, -0.15) is 0 Å². The van der Waals surface area contributed by atoms with Crippen LogP contribution in [0.2, 0.25) is 0 Å². The van der Waals surface area contributed by atoms with E-state index in [4.69, 9.17) is 4.74 Å². The summed E-state index contributed by atoms with van der Waals surface area (Å²) in [6.45, 7) is 0.716. The first-order valence-corrected chi connectivity index (χ1v) is 9.90. The second kappa shape index (κ2) is 7.84. The predicted octanol–water partition coefficient (Wildman–Crippen LogP) is 4.66. The number of anilines is 1. The van der Waals surface area contributed by atoms with Gasteiger partial charge in [0.15, 0.2) is 0 Å². The fourth-order valence-corrected chi connectivity index (χ4v) is 3.91. The van der Waals surface area contributed by atoms with Crippen molar-refractivity contribution >= 4 is 40.1 Å². The molecule has 0 N–H and O–H groups in total. The molecule has 1 aliphatic rings. The number of nitrogens with zero attached hydrogens (tertiary/aromatic N) is 1. The minimum atomic E-state index is -0.307.